The van der Waals surface area contributed by atoms with Crippen LogP contribution in [-0.2, 0) is 11.3 Å². The Bertz CT molecular complexity index is 475. The van der Waals surface area contributed by atoms with Crippen LogP contribution >= 0.6 is 11.3 Å². The lowest BCUT2D eigenvalue weighted by molar-refractivity contribution is 0.193. The Kier molecular flexibility index (Phi) is 3.44. The van der Waals surface area contributed by atoms with Gasteiger partial charge >= 0.3 is 0 Å². The van der Waals surface area contributed by atoms with Gasteiger partial charge in [0.05, 0.1) is 18.3 Å². The summed E-state index contributed by atoms with van der Waals surface area (Å²) in [4.78, 5) is 8.77. The number of anilines is 1. The third kappa shape index (κ3) is 2.71. The average Bonchev–Trinajstić information content (AvgIpc) is 3.38. The van der Waals surface area contributed by atoms with Gasteiger partial charge in [0.2, 0.25) is 0 Å². The van der Waals surface area contributed by atoms with Crippen molar-refractivity contribution in [3.63, 3.8) is 0 Å². The lowest BCUT2D eigenvalue weighted by Crippen LogP contribution is -2.31. The van der Waals surface area contributed by atoms with E-state index in [0.29, 0.717) is 6.04 Å². The fourth-order valence-corrected chi connectivity index (χ4v) is 3.94. The first-order chi connectivity index (χ1) is 9.81. The van der Waals surface area contributed by atoms with E-state index in [-0.39, 0.29) is 0 Å². The Hall–Kier alpha value is -0.650. The highest BCUT2D eigenvalue weighted by atomic mass is 32.1. The molecule has 4 nitrogen and oxygen atoms in total. The maximum Gasteiger partial charge on any atom is 0.185 e. The molecular weight excluding hydrogens is 270 g/mol. The van der Waals surface area contributed by atoms with Crippen LogP contribution in [0.25, 0.3) is 0 Å². The summed E-state index contributed by atoms with van der Waals surface area (Å²) in [6, 6.07) is 1.28. The molecule has 1 aromatic rings. The van der Waals surface area contributed by atoms with E-state index in [1.165, 1.54) is 41.4 Å². The van der Waals surface area contributed by atoms with Crippen molar-refractivity contribution >= 4 is 16.5 Å². The fourth-order valence-electron chi connectivity index (χ4n) is 2.81. The number of ether oxygens (including phenoxy) is 1. The Balaban J connectivity index is 1.51. The van der Waals surface area contributed by atoms with Crippen molar-refractivity contribution in [1.82, 2.24) is 10.3 Å². The van der Waals surface area contributed by atoms with Gasteiger partial charge in [-0.2, -0.15) is 0 Å². The topological polar surface area (TPSA) is 37.4 Å². The van der Waals surface area contributed by atoms with Crippen molar-refractivity contribution in [3.05, 3.63) is 10.6 Å². The van der Waals surface area contributed by atoms with Crippen molar-refractivity contribution in [2.75, 3.05) is 25.2 Å². The molecule has 1 saturated heterocycles. The molecule has 2 saturated carbocycles. The van der Waals surface area contributed by atoms with E-state index in [0.717, 1.165) is 38.1 Å². The standard InChI is InChI=1S/C15H23N3OS/c1-18(12-6-7-19-9-12)15-17-14(10-2-3-10)13(20-15)8-16-11-4-5-11/h10-12,16H,2-9H2,1H3. The summed E-state index contributed by atoms with van der Waals surface area (Å²) in [6.45, 7) is 2.76. The van der Waals surface area contributed by atoms with E-state index in [1.807, 2.05) is 11.3 Å². The molecule has 0 bridgehead atoms. The molecule has 5 heteroatoms. The Labute approximate surface area is 124 Å². The molecule has 1 aromatic heterocycles. The van der Waals surface area contributed by atoms with Gasteiger partial charge in [0, 0.05) is 37.0 Å². The van der Waals surface area contributed by atoms with Gasteiger partial charge in [-0.3, -0.25) is 0 Å². The predicted octanol–water partition coefficient (Wildman–Crippen LogP) is 2.50. The lowest BCUT2D eigenvalue weighted by Gasteiger charge is -2.21. The number of nitrogens with one attached hydrogen (secondary N) is 1. The van der Waals surface area contributed by atoms with Crippen LogP contribution in [0, 0.1) is 0 Å². The summed E-state index contributed by atoms with van der Waals surface area (Å²) in [7, 11) is 2.17. The first kappa shape index (κ1) is 13.0. The van der Waals surface area contributed by atoms with E-state index in [2.05, 4.69) is 17.3 Å². The first-order valence-electron chi connectivity index (χ1n) is 7.85. The minimum absolute atomic E-state index is 0.512. The summed E-state index contributed by atoms with van der Waals surface area (Å²) in [5.41, 5.74) is 1.38. The molecule has 110 valence electrons. The van der Waals surface area contributed by atoms with E-state index in [1.54, 1.807) is 0 Å². The molecule has 0 aromatic carbocycles. The molecule has 20 heavy (non-hydrogen) atoms. The maximum absolute atomic E-state index is 5.51. The van der Waals surface area contributed by atoms with Gasteiger partial charge in [-0.15, -0.1) is 11.3 Å². The van der Waals surface area contributed by atoms with Crippen LogP contribution in [0.15, 0.2) is 0 Å². The average molecular weight is 293 g/mol. The second kappa shape index (κ2) is 5.28. The molecule has 0 radical (unpaired) electrons. The number of aromatic nitrogens is 1. The number of thiazole rings is 1. The summed E-state index contributed by atoms with van der Waals surface area (Å²) < 4.78 is 5.51. The molecule has 1 N–H and O–H groups in total. The van der Waals surface area contributed by atoms with Crippen LogP contribution in [0.1, 0.15) is 48.6 Å². The van der Waals surface area contributed by atoms with Crippen LogP contribution < -0.4 is 10.2 Å². The van der Waals surface area contributed by atoms with Crippen LogP contribution in [0.5, 0.6) is 0 Å². The first-order valence-corrected chi connectivity index (χ1v) is 8.66. The smallest absolute Gasteiger partial charge is 0.185 e. The molecule has 4 rings (SSSR count). The minimum atomic E-state index is 0.512. The van der Waals surface area contributed by atoms with Gasteiger partial charge < -0.3 is 15.0 Å². The van der Waals surface area contributed by atoms with Crippen LogP contribution in [0.3, 0.4) is 0 Å². The zero-order chi connectivity index (χ0) is 13.5. The highest BCUT2D eigenvalue weighted by Crippen LogP contribution is 2.44. The SMILES string of the molecule is CN(c1nc(C2CC2)c(CNC2CC2)s1)C1CCOC1. The second-order valence-electron chi connectivity index (χ2n) is 6.36. The van der Waals surface area contributed by atoms with Crippen molar-refractivity contribution in [1.29, 1.82) is 0 Å². The normalized spacial score (nSPS) is 26.1. The number of likely N-dealkylation sites (N-methyl/N-ethyl adjacent to an activating group) is 1. The Morgan fingerprint density at radius 1 is 1.30 bits per heavy atom. The van der Waals surface area contributed by atoms with Crippen LogP contribution in [0.2, 0.25) is 0 Å². The Morgan fingerprint density at radius 3 is 2.80 bits per heavy atom. The lowest BCUT2D eigenvalue weighted by atomic mass is 10.2. The third-order valence-corrected chi connectivity index (χ3v) is 5.73. The summed E-state index contributed by atoms with van der Waals surface area (Å²) in [5.74, 6) is 0.740. The molecule has 2 aliphatic carbocycles. The predicted molar refractivity (Wildman–Crippen MR) is 81.6 cm³/mol. The van der Waals surface area contributed by atoms with Gasteiger partial charge in [0.1, 0.15) is 0 Å². The van der Waals surface area contributed by atoms with Gasteiger partial charge in [-0.05, 0) is 32.1 Å². The minimum Gasteiger partial charge on any atom is -0.379 e. The van der Waals surface area contributed by atoms with Crippen LogP contribution in [0.4, 0.5) is 5.13 Å². The van der Waals surface area contributed by atoms with Crippen molar-refractivity contribution in [2.45, 2.75) is 56.7 Å². The number of hydrogen-bond acceptors (Lipinski definition) is 5. The number of nitrogens with zero attached hydrogens (tertiary/aromatic N) is 2. The van der Waals surface area contributed by atoms with E-state index >= 15 is 0 Å². The molecule has 1 aliphatic heterocycles. The largest absolute Gasteiger partial charge is 0.379 e. The molecule has 3 aliphatic rings. The molecule has 2 heterocycles. The second-order valence-corrected chi connectivity index (χ2v) is 7.42. The fraction of sp³-hybridized carbons (Fsp3) is 0.800. The Morgan fingerprint density at radius 2 is 2.15 bits per heavy atom. The number of hydrogen-bond donors (Lipinski definition) is 1. The van der Waals surface area contributed by atoms with E-state index in [9.17, 15) is 0 Å². The van der Waals surface area contributed by atoms with E-state index < -0.39 is 0 Å². The molecule has 3 fully saturated rings. The molecule has 0 spiro atoms. The van der Waals surface area contributed by atoms with Gasteiger partial charge in [-0.25, -0.2) is 4.98 Å². The molecule has 1 atom stereocenters. The van der Waals surface area contributed by atoms with E-state index in [4.69, 9.17) is 9.72 Å². The van der Waals surface area contributed by atoms with Crippen molar-refractivity contribution in [3.8, 4) is 0 Å². The monoisotopic (exact) mass is 293 g/mol. The zero-order valence-corrected chi connectivity index (χ0v) is 12.9. The van der Waals surface area contributed by atoms with Gasteiger partial charge in [0.15, 0.2) is 5.13 Å². The highest BCUT2D eigenvalue weighted by molar-refractivity contribution is 7.15. The third-order valence-electron chi connectivity index (χ3n) is 4.56. The van der Waals surface area contributed by atoms with Gasteiger partial charge in [-0.1, -0.05) is 0 Å². The highest BCUT2D eigenvalue weighted by Gasteiger charge is 2.32. The summed E-state index contributed by atoms with van der Waals surface area (Å²) >= 11 is 1.89. The summed E-state index contributed by atoms with van der Waals surface area (Å²) in [6.07, 6.45) is 6.49. The number of rotatable bonds is 6. The molecular formula is C15H23N3OS. The van der Waals surface area contributed by atoms with Crippen molar-refractivity contribution < 1.29 is 4.74 Å². The maximum atomic E-state index is 5.51. The van der Waals surface area contributed by atoms with Crippen LogP contribution in [-0.4, -0.2) is 37.3 Å². The van der Waals surface area contributed by atoms with Gasteiger partial charge in [0.25, 0.3) is 0 Å². The molecule has 1 unspecified atom stereocenters. The summed E-state index contributed by atoms with van der Waals surface area (Å²) in [5, 5.41) is 4.83. The molecule has 0 amide bonds. The zero-order valence-electron chi connectivity index (χ0n) is 12.1. The van der Waals surface area contributed by atoms with Crippen molar-refractivity contribution in [2.24, 2.45) is 0 Å². The quantitative estimate of drug-likeness (QED) is 0.874.